The van der Waals surface area contributed by atoms with Gasteiger partial charge in [-0.2, -0.15) is 0 Å². The molecule has 0 saturated carbocycles. The molecule has 0 aliphatic rings. The maximum Gasteiger partial charge on any atom is 0.106 e. The Morgan fingerprint density at radius 2 is 2.22 bits per heavy atom. The summed E-state index contributed by atoms with van der Waals surface area (Å²) in [5.41, 5.74) is 0. The number of rotatable bonds is 4. The summed E-state index contributed by atoms with van der Waals surface area (Å²) in [4.78, 5) is 0. The summed E-state index contributed by atoms with van der Waals surface area (Å²) in [6.07, 6.45) is 6.83. The Labute approximate surface area is 55.5 Å². The van der Waals surface area contributed by atoms with Gasteiger partial charge >= 0.3 is 0 Å². The Hall–Kier alpha value is -0.760. The van der Waals surface area contributed by atoms with Gasteiger partial charge in [0.2, 0.25) is 0 Å². The molecule has 0 aromatic carbocycles. The maximum absolute atomic E-state index is 8.26. The average Bonchev–Trinajstić information content (AvgIpc) is 1.89. The van der Waals surface area contributed by atoms with Gasteiger partial charge in [-0.25, -0.2) is 0 Å². The van der Waals surface area contributed by atoms with E-state index in [0.717, 1.165) is 0 Å². The van der Waals surface area contributed by atoms with E-state index < -0.39 is 0 Å². The monoisotopic (exact) mass is 128 g/mol. The van der Waals surface area contributed by atoms with Gasteiger partial charge in [-0.05, 0) is 13.0 Å². The van der Waals surface area contributed by atoms with Gasteiger partial charge in [0.15, 0.2) is 0 Å². The lowest BCUT2D eigenvalue weighted by molar-refractivity contribution is 0.286. The van der Waals surface area contributed by atoms with E-state index >= 15 is 0 Å². The first kappa shape index (κ1) is 8.24. The summed E-state index contributed by atoms with van der Waals surface area (Å²) in [5, 5.41) is 8.26. The zero-order valence-corrected chi connectivity index (χ0v) is 5.58. The number of ether oxygens (including phenoxy) is 1. The summed E-state index contributed by atoms with van der Waals surface area (Å²) < 4.78 is 4.91. The minimum absolute atomic E-state index is 0.0825. The lowest BCUT2D eigenvalue weighted by Crippen LogP contribution is -1.81. The molecule has 0 atom stereocenters. The molecule has 0 spiro atoms. The van der Waals surface area contributed by atoms with Gasteiger partial charge in [0, 0.05) is 0 Å². The van der Waals surface area contributed by atoms with Crippen LogP contribution in [0.2, 0.25) is 0 Å². The van der Waals surface area contributed by atoms with Gasteiger partial charge in [-0.3, -0.25) is 0 Å². The van der Waals surface area contributed by atoms with E-state index in [2.05, 4.69) is 0 Å². The molecular weight excluding hydrogens is 116 g/mol. The number of allylic oxidation sites excluding steroid dienone is 1. The normalized spacial score (nSPS) is 11.3. The van der Waals surface area contributed by atoms with E-state index in [0.29, 0.717) is 6.61 Å². The topological polar surface area (TPSA) is 29.5 Å². The third-order valence-corrected chi connectivity index (χ3v) is 0.697. The molecule has 9 heavy (non-hydrogen) atoms. The lowest BCUT2D eigenvalue weighted by atomic mass is 10.5. The lowest BCUT2D eigenvalue weighted by Gasteiger charge is -1.90. The van der Waals surface area contributed by atoms with Crippen molar-refractivity contribution in [2.75, 3.05) is 13.2 Å². The van der Waals surface area contributed by atoms with Crippen molar-refractivity contribution in [1.29, 1.82) is 0 Å². The highest BCUT2D eigenvalue weighted by atomic mass is 16.5. The first-order valence-electron chi connectivity index (χ1n) is 2.90. The van der Waals surface area contributed by atoms with Crippen LogP contribution < -0.4 is 0 Å². The number of aliphatic hydroxyl groups is 1. The summed E-state index contributed by atoms with van der Waals surface area (Å²) in [6.45, 7) is 2.50. The van der Waals surface area contributed by atoms with Crippen molar-refractivity contribution < 1.29 is 9.84 Å². The van der Waals surface area contributed by atoms with Gasteiger partial charge in [-0.15, -0.1) is 0 Å². The molecule has 0 aliphatic carbocycles. The summed E-state index contributed by atoms with van der Waals surface area (Å²) in [7, 11) is 0. The van der Waals surface area contributed by atoms with Crippen LogP contribution >= 0.6 is 0 Å². The molecule has 0 fully saturated rings. The molecule has 0 heterocycles. The molecule has 0 amide bonds. The van der Waals surface area contributed by atoms with E-state index in [4.69, 9.17) is 9.84 Å². The van der Waals surface area contributed by atoms with Crippen LogP contribution in [0.1, 0.15) is 6.92 Å². The number of hydrogen-bond donors (Lipinski definition) is 1. The fraction of sp³-hybridized carbons (Fsp3) is 0.429. The van der Waals surface area contributed by atoms with Crippen molar-refractivity contribution >= 4 is 0 Å². The second-order valence-corrected chi connectivity index (χ2v) is 1.46. The largest absolute Gasteiger partial charge is 0.497 e. The van der Waals surface area contributed by atoms with Gasteiger partial charge < -0.3 is 9.84 Å². The minimum atomic E-state index is 0.0825. The molecule has 0 radical (unpaired) electrons. The smallest absolute Gasteiger partial charge is 0.106 e. The van der Waals surface area contributed by atoms with Gasteiger partial charge in [0.05, 0.1) is 12.9 Å². The summed E-state index contributed by atoms with van der Waals surface area (Å²) in [5.74, 6) is 0. The SMILES string of the molecule is CC=COCC=CCO. The zero-order chi connectivity index (χ0) is 6.95. The Morgan fingerprint density at radius 3 is 2.78 bits per heavy atom. The molecule has 52 valence electrons. The van der Waals surface area contributed by atoms with Crippen LogP contribution in [0.25, 0.3) is 0 Å². The third kappa shape index (κ3) is 7.24. The summed E-state index contributed by atoms with van der Waals surface area (Å²) in [6, 6.07) is 0. The average molecular weight is 128 g/mol. The highest BCUT2D eigenvalue weighted by Crippen LogP contribution is 1.78. The Kier molecular flexibility index (Phi) is 6.63. The van der Waals surface area contributed by atoms with Crippen molar-refractivity contribution in [3.05, 3.63) is 24.5 Å². The van der Waals surface area contributed by atoms with Crippen molar-refractivity contribution in [1.82, 2.24) is 0 Å². The third-order valence-electron chi connectivity index (χ3n) is 0.697. The van der Waals surface area contributed by atoms with Crippen molar-refractivity contribution in [3.63, 3.8) is 0 Å². The predicted octanol–water partition coefficient (Wildman–Crippen LogP) is 1.09. The van der Waals surface area contributed by atoms with E-state index in [1.165, 1.54) is 0 Å². The zero-order valence-electron chi connectivity index (χ0n) is 5.58. The molecule has 0 unspecified atom stereocenters. The first-order chi connectivity index (χ1) is 4.41. The fourth-order valence-corrected chi connectivity index (χ4v) is 0.350. The minimum Gasteiger partial charge on any atom is -0.497 e. The Bertz CT molecular complexity index is 95.1. The van der Waals surface area contributed by atoms with Crippen molar-refractivity contribution in [2.45, 2.75) is 6.92 Å². The molecule has 1 N–H and O–H groups in total. The highest BCUT2D eigenvalue weighted by Gasteiger charge is 1.70. The number of hydrogen-bond acceptors (Lipinski definition) is 2. The van der Waals surface area contributed by atoms with E-state index in [1.54, 1.807) is 18.4 Å². The molecule has 0 rings (SSSR count). The molecule has 2 nitrogen and oxygen atoms in total. The van der Waals surface area contributed by atoms with Crippen LogP contribution in [0.15, 0.2) is 24.5 Å². The molecule has 0 aromatic heterocycles. The van der Waals surface area contributed by atoms with Gasteiger partial charge in [0.1, 0.15) is 6.61 Å². The van der Waals surface area contributed by atoms with Crippen LogP contribution in [-0.4, -0.2) is 18.3 Å². The van der Waals surface area contributed by atoms with E-state index in [-0.39, 0.29) is 6.61 Å². The highest BCUT2D eigenvalue weighted by molar-refractivity contribution is 4.81. The van der Waals surface area contributed by atoms with Crippen LogP contribution in [0.4, 0.5) is 0 Å². The van der Waals surface area contributed by atoms with Gasteiger partial charge in [-0.1, -0.05) is 12.2 Å². The van der Waals surface area contributed by atoms with Crippen molar-refractivity contribution in [2.24, 2.45) is 0 Å². The quantitative estimate of drug-likeness (QED) is 0.349. The Balaban J connectivity index is 2.99. The predicted molar refractivity (Wildman–Crippen MR) is 37.0 cm³/mol. The van der Waals surface area contributed by atoms with E-state index in [9.17, 15) is 0 Å². The molecular formula is C7H12O2. The molecule has 0 aliphatic heterocycles. The van der Waals surface area contributed by atoms with Crippen LogP contribution in [0.3, 0.4) is 0 Å². The standard InChI is InChI=1S/C7H12O2/c1-2-6-9-7-4-3-5-8/h2-4,6,8H,5,7H2,1H3. The molecule has 0 aromatic rings. The van der Waals surface area contributed by atoms with Crippen LogP contribution in [0.5, 0.6) is 0 Å². The first-order valence-corrected chi connectivity index (χ1v) is 2.90. The Morgan fingerprint density at radius 1 is 1.44 bits per heavy atom. The van der Waals surface area contributed by atoms with Gasteiger partial charge in [0.25, 0.3) is 0 Å². The van der Waals surface area contributed by atoms with Crippen LogP contribution in [-0.2, 0) is 4.74 Å². The second kappa shape index (κ2) is 7.24. The second-order valence-electron chi connectivity index (χ2n) is 1.46. The molecule has 0 saturated heterocycles. The molecule has 0 bridgehead atoms. The maximum atomic E-state index is 8.26. The molecule has 2 heteroatoms. The fourth-order valence-electron chi connectivity index (χ4n) is 0.350. The van der Waals surface area contributed by atoms with E-state index in [1.807, 2.05) is 13.0 Å². The number of aliphatic hydroxyl groups excluding tert-OH is 1. The summed E-state index contributed by atoms with van der Waals surface area (Å²) >= 11 is 0. The van der Waals surface area contributed by atoms with Crippen molar-refractivity contribution in [3.8, 4) is 0 Å². The van der Waals surface area contributed by atoms with Crippen LogP contribution in [0, 0.1) is 0 Å².